The minimum atomic E-state index is -1.81. The van der Waals surface area contributed by atoms with Crippen LogP contribution in [-0.4, -0.2) is 56.4 Å². The number of aliphatic hydroxyl groups is 3. The number of urea groups is 1. The third-order valence-electron chi connectivity index (χ3n) is 3.13. The van der Waals surface area contributed by atoms with Crippen LogP contribution in [0.1, 0.15) is 13.8 Å². The third kappa shape index (κ3) is 3.10. The SMILES string of the molecule is C=C(N)/C=C\N(C(N)=O)[C@@H]1O[C@H](C(C)O)[C@@H](O)[C@@]1(C)O. The van der Waals surface area contributed by atoms with E-state index >= 15 is 0 Å². The van der Waals surface area contributed by atoms with Crippen LogP contribution in [-0.2, 0) is 4.74 Å². The Hall–Kier alpha value is -1.61. The smallest absolute Gasteiger partial charge is 0.321 e. The summed E-state index contributed by atoms with van der Waals surface area (Å²) in [5.41, 5.74) is 8.94. The number of hydrogen-bond donors (Lipinski definition) is 5. The van der Waals surface area contributed by atoms with Crippen LogP contribution in [0.15, 0.2) is 24.6 Å². The summed E-state index contributed by atoms with van der Waals surface area (Å²) in [4.78, 5) is 12.3. The number of aliphatic hydroxyl groups excluding tert-OH is 2. The van der Waals surface area contributed by atoms with Gasteiger partial charge in [-0.3, -0.25) is 4.90 Å². The van der Waals surface area contributed by atoms with Crippen LogP contribution in [0, 0.1) is 0 Å². The zero-order chi connectivity index (χ0) is 15.7. The van der Waals surface area contributed by atoms with Crippen molar-refractivity contribution in [2.75, 3.05) is 0 Å². The van der Waals surface area contributed by atoms with Gasteiger partial charge in [-0.15, -0.1) is 0 Å². The van der Waals surface area contributed by atoms with Gasteiger partial charge in [0.2, 0.25) is 0 Å². The van der Waals surface area contributed by atoms with E-state index in [1.807, 2.05) is 0 Å². The fraction of sp³-hybridized carbons (Fsp3) is 0.583. The van der Waals surface area contributed by atoms with Crippen molar-refractivity contribution in [2.24, 2.45) is 11.5 Å². The maximum Gasteiger partial charge on any atom is 0.321 e. The normalized spacial score (nSPS) is 35.1. The second kappa shape index (κ2) is 5.80. The molecule has 1 unspecified atom stereocenters. The average molecular weight is 287 g/mol. The summed E-state index contributed by atoms with van der Waals surface area (Å²) >= 11 is 0. The van der Waals surface area contributed by atoms with Gasteiger partial charge in [-0.25, -0.2) is 4.79 Å². The molecular weight excluding hydrogens is 266 g/mol. The van der Waals surface area contributed by atoms with Gasteiger partial charge in [-0.1, -0.05) is 6.58 Å². The highest BCUT2D eigenvalue weighted by molar-refractivity contribution is 5.73. The van der Waals surface area contributed by atoms with Crippen LogP contribution in [0.5, 0.6) is 0 Å². The molecule has 0 radical (unpaired) electrons. The molecule has 2 amide bonds. The van der Waals surface area contributed by atoms with Crippen molar-refractivity contribution in [3.63, 3.8) is 0 Å². The summed E-state index contributed by atoms with van der Waals surface area (Å²) in [7, 11) is 0. The third-order valence-corrected chi connectivity index (χ3v) is 3.13. The zero-order valence-electron chi connectivity index (χ0n) is 11.4. The second-order valence-electron chi connectivity index (χ2n) is 5.00. The van der Waals surface area contributed by atoms with E-state index in [0.717, 1.165) is 4.90 Å². The van der Waals surface area contributed by atoms with Crippen molar-refractivity contribution >= 4 is 6.03 Å². The molecule has 0 aromatic rings. The molecule has 8 heteroatoms. The van der Waals surface area contributed by atoms with Crippen molar-refractivity contribution < 1.29 is 24.9 Å². The molecule has 0 aromatic carbocycles. The molecule has 0 aliphatic carbocycles. The molecule has 1 saturated heterocycles. The van der Waals surface area contributed by atoms with Gasteiger partial charge in [0.15, 0.2) is 6.23 Å². The Bertz CT molecular complexity index is 421. The molecule has 114 valence electrons. The maximum atomic E-state index is 11.5. The molecule has 1 aliphatic heterocycles. The minimum Gasteiger partial charge on any atom is -0.399 e. The molecule has 20 heavy (non-hydrogen) atoms. The predicted octanol–water partition coefficient (Wildman–Crippen LogP) is -1.43. The van der Waals surface area contributed by atoms with E-state index in [0.29, 0.717) is 0 Å². The Kier molecular flexibility index (Phi) is 4.77. The lowest BCUT2D eigenvalue weighted by Gasteiger charge is -2.32. The van der Waals surface area contributed by atoms with Gasteiger partial charge >= 0.3 is 6.03 Å². The first-order valence-electron chi connectivity index (χ1n) is 6.03. The Balaban J connectivity index is 3.08. The number of carbonyl (C=O) groups excluding carboxylic acids is 1. The molecule has 1 fully saturated rings. The van der Waals surface area contributed by atoms with E-state index in [4.69, 9.17) is 16.2 Å². The van der Waals surface area contributed by atoms with Crippen molar-refractivity contribution in [2.45, 2.75) is 44.0 Å². The number of allylic oxidation sites excluding steroid dienone is 1. The van der Waals surface area contributed by atoms with E-state index in [2.05, 4.69) is 6.58 Å². The van der Waals surface area contributed by atoms with Crippen molar-refractivity contribution in [3.05, 3.63) is 24.6 Å². The molecule has 0 bridgehead atoms. The maximum absolute atomic E-state index is 11.5. The summed E-state index contributed by atoms with van der Waals surface area (Å²) in [6.07, 6.45) is -2.24. The minimum absolute atomic E-state index is 0.168. The number of hydrogen-bond acceptors (Lipinski definition) is 6. The lowest BCUT2D eigenvalue weighted by molar-refractivity contribution is -0.109. The van der Waals surface area contributed by atoms with E-state index in [9.17, 15) is 20.1 Å². The molecule has 1 aliphatic rings. The average Bonchev–Trinajstić information content (AvgIpc) is 2.52. The van der Waals surface area contributed by atoms with Gasteiger partial charge in [-0.05, 0) is 19.9 Å². The Labute approximate surface area is 116 Å². The standard InChI is InChI=1S/C12H21N3O5/c1-6(13)4-5-15(11(14)18)10-12(3,19)9(17)8(20-10)7(2)16/h4-5,7-10,16-17,19H,1,13H2,2-3H3,(H2,14,18)/b5-4-/t7?,8-,9-,10-,12-/m1/s1. The molecule has 5 atom stereocenters. The predicted molar refractivity (Wildman–Crippen MR) is 70.9 cm³/mol. The molecule has 8 nitrogen and oxygen atoms in total. The highest BCUT2D eigenvalue weighted by atomic mass is 16.6. The first kappa shape index (κ1) is 16.4. The van der Waals surface area contributed by atoms with E-state index in [1.165, 1.54) is 26.1 Å². The van der Waals surface area contributed by atoms with Crippen LogP contribution in [0.25, 0.3) is 0 Å². The van der Waals surface area contributed by atoms with Crippen molar-refractivity contribution in [1.29, 1.82) is 0 Å². The van der Waals surface area contributed by atoms with E-state index in [1.54, 1.807) is 0 Å². The van der Waals surface area contributed by atoms with Gasteiger partial charge in [0.25, 0.3) is 0 Å². The zero-order valence-corrected chi connectivity index (χ0v) is 11.4. The fourth-order valence-corrected chi connectivity index (χ4v) is 2.01. The highest BCUT2D eigenvalue weighted by Gasteiger charge is 2.56. The Morgan fingerprint density at radius 2 is 2.10 bits per heavy atom. The van der Waals surface area contributed by atoms with Crippen LogP contribution in [0.2, 0.25) is 0 Å². The number of amides is 2. The first-order chi connectivity index (χ1) is 9.09. The summed E-state index contributed by atoms with van der Waals surface area (Å²) in [6, 6.07) is -0.911. The summed E-state index contributed by atoms with van der Waals surface area (Å²) < 4.78 is 5.36. The molecule has 1 rings (SSSR count). The number of nitrogens with two attached hydrogens (primary N) is 2. The quantitative estimate of drug-likeness (QED) is 0.401. The van der Waals surface area contributed by atoms with Crippen LogP contribution >= 0.6 is 0 Å². The van der Waals surface area contributed by atoms with Crippen LogP contribution in [0.4, 0.5) is 4.79 Å². The summed E-state index contributed by atoms with van der Waals surface area (Å²) in [5.74, 6) is 0. The first-order valence-corrected chi connectivity index (χ1v) is 6.03. The highest BCUT2D eigenvalue weighted by Crippen LogP contribution is 2.34. The van der Waals surface area contributed by atoms with Gasteiger partial charge in [0.05, 0.1) is 6.10 Å². The molecule has 7 N–H and O–H groups in total. The molecule has 0 aromatic heterocycles. The topological polar surface area (TPSA) is 142 Å². The largest absolute Gasteiger partial charge is 0.399 e. The second-order valence-corrected chi connectivity index (χ2v) is 5.00. The van der Waals surface area contributed by atoms with Crippen molar-refractivity contribution in [3.8, 4) is 0 Å². The van der Waals surface area contributed by atoms with Gasteiger partial charge in [-0.2, -0.15) is 0 Å². The number of rotatable bonds is 4. The fourth-order valence-electron chi connectivity index (χ4n) is 2.01. The number of primary amides is 1. The van der Waals surface area contributed by atoms with Crippen LogP contribution in [0.3, 0.4) is 0 Å². The van der Waals surface area contributed by atoms with E-state index in [-0.39, 0.29) is 5.70 Å². The number of ether oxygens (including phenoxy) is 1. The molecular formula is C12H21N3O5. The lowest BCUT2D eigenvalue weighted by atomic mass is 9.94. The monoisotopic (exact) mass is 287 g/mol. The molecule has 1 heterocycles. The van der Waals surface area contributed by atoms with Crippen molar-refractivity contribution in [1.82, 2.24) is 4.90 Å². The summed E-state index contributed by atoms with van der Waals surface area (Å²) in [6.45, 7) is 6.11. The number of nitrogens with zero attached hydrogens (tertiary/aromatic N) is 1. The number of carbonyl (C=O) groups is 1. The Morgan fingerprint density at radius 3 is 2.45 bits per heavy atom. The van der Waals surface area contributed by atoms with E-state index < -0.39 is 36.2 Å². The molecule has 0 spiro atoms. The Morgan fingerprint density at radius 1 is 1.55 bits per heavy atom. The van der Waals surface area contributed by atoms with Gasteiger partial charge in [0, 0.05) is 11.9 Å². The van der Waals surface area contributed by atoms with Gasteiger partial charge < -0.3 is 31.5 Å². The lowest BCUT2D eigenvalue weighted by Crippen LogP contribution is -2.54. The van der Waals surface area contributed by atoms with Gasteiger partial charge in [0.1, 0.15) is 17.8 Å². The summed E-state index contributed by atoms with van der Waals surface area (Å²) in [5, 5.41) is 29.8. The molecule has 0 saturated carbocycles. The van der Waals surface area contributed by atoms with Crippen LogP contribution < -0.4 is 11.5 Å².